The number of hydrogen-bond acceptors (Lipinski definition) is 6. The molecule has 0 saturated heterocycles. The third-order valence-electron chi connectivity index (χ3n) is 6.15. The number of benzene rings is 3. The lowest BCUT2D eigenvalue weighted by Gasteiger charge is -2.17. The number of nitrogens with one attached hydrogen (secondary N) is 1. The van der Waals surface area contributed by atoms with E-state index in [4.69, 9.17) is 14.7 Å². The summed E-state index contributed by atoms with van der Waals surface area (Å²) in [6.07, 6.45) is -0.526. The molecule has 1 atom stereocenters. The van der Waals surface area contributed by atoms with Gasteiger partial charge >= 0.3 is 12.1 Å². The van der Waals surface area contributed by atoms with Crippen molar-refractivity contribution in [2.75, 3.05) is 19.5 Å². The van der Waals surface area contributed by atoms with Crippen molar-refractivity contribution in [3.63, 3.8) is 0 Å². The number of ether oxygens (including phenoxy) is 2. The predicted octanol–water partition coefficient (Wildman–Crippen LogP) is 5.18. The van der Waals surface area contributed by atoms with Crippen LogP contribution < -0.4 is 10.1 Å². The lowest BCUT2D eigenvalue weighted by atomic mass is 9.98. The van der Waals surface area contributed by atoms with Gasteiger partial charge in [-0.1, -0.05) is 48.5 Å². The van der Waals surface area contributed by atoms with Crippen LogP contribution in [0.4, 0.5) is 4.79 Å². The lowest BCUT2D eigenvalue weighted by Crippen LogP contribution is -2.41. The maximum atomic E-state index is 12.5. The van der Waals surface area contributed by atoms with E-state index >= 15 is 0 Å². The van der Waals surface area contributed by atoms with Crippen LogP contribution >= 0.6 is 11.8 Å². The van der Waals surface area contributed by atoms with Gasteiger partial charge in [0.05, 0.1) is 18.7 Å². The van der Waals surface area contributed by atoms with E-state index in [1.165, 1.54) is 11.8 Å². The van der Waals surface area contributed by atoms with Crippen molar-refractivity contribution in [3.05, 3.63) is 89.0 Å². The molecule has 1 amide bonds. The quantitative estimate of drug-likeness (QED) is 0.368. The smallest absolute Gasteiger partial charge is 0.407 e. The first kappa shape index (κ1) is 25.1. The molecule has 8 heteroatoms. The zero-order valence-electron chi connectivity index (χ0n) is 19.8. The molecule has 184 valence electrons. The number of amides is 1. The number of aliphatic carboxylic acids is 1. The molecule has 0 aliphatic heterocycles. The zero-order chi connectivity index (χ0) is 25.5. The van der Waals surface area contributed by atoms with E-state index in [2.05, 4.69) is 23.5 Å². The number of rotatable bonds is 10. The zero-order valence-corrected chi connectivity index (χ0v) is 20.6. The van der Waals surface area contributed by atoms with Gasteiger partial charge in [-0.15, -0.1) is 0 Å². The second kappa shape index (κ2) is 11.6. The molecular weight excluding hydrogens is 476 g/mol. The summed E-state index contributed by atoms with van der Waals surface area (Å²) in [6, 6.07) is 22.3. The molecule has 0 heterocycles. The molecule has 2 N–H and O–H groups in total. The summed E-state index contributed by atoms with van der Waals surface area (Å²) < 4.78 is 10.8. The van der Waals surface area contributed by atoms with Crippen LogP contribution in [0, 0.1) is 11.3 Å². The molecule has 1 aliphatic carbocycles. The first-order valence-corrected chi connectivity index (χ1v) is 12.7. The maximum Gasteiger partial charge on any atom is 0.407 e. The Balaban J connectivity index is 1.30. The van der Waals surface area contributed by atoms with Crippen LogP contribution in [0.2, 0.25) is 0 Å². The van der Waals surface area contributed by atoms with Crippen molar-refractivity contribution in [1.29, 1.82) is 5.26 Å². The second-order valence-corrected chi connectivity index (χ2v) is 9.45. The van der Waals surface area contributed by atoms with Crippen molar-refractivity contribution >= 4 is 23.8 Å². The van der Waals surface area contributed by atoms with Crippen molar-refractivity contribution in [2.24, 2.45) is 0 Å². The van der Waals surface area contributed by atoms with Gasteiger partial charge in [-0.2, -0.15) is 17.0 Å². The Bertz CT molecular complexity index is 1260. The number of nitriles is 1. The minimum absolute atomic E-state index is 0.0962. The van der Waals surface area contributed by atoms with Gasteiger partial charge in [-0.25, -0.2) is 9.59 Å². The molecule has 0 spiro atoms. The number of fused-ring (bicyclic) bond motifs is 3. The molecule has 0 fully saturated rings. The number of carboxylic acid groups (broad SMARTS) is 1. The third-order valence-corrected chi connectivity index (χ3v) is 7.19. The Morgan fingerprint density at radius 1 is 1.08 bits per heavy atom. The molecule has 0 aromatic heterocycles. The summed E-state index contributed by atoms with van der Waals surface area (Å²) in [5.74, 6) is 0.499. The average molecular weight is 503 g/mol. The van der Waals surface area contributed by atoms with E-state index in [9.17, 15) is 14.7 Å². The number of methoxy groups -OCH3 is 1. The molecule has 1 unspecified atom stereocenters. The van der Waals surface area contributed by atoms with Crippen molar-refractivity contribution in [2.45, 2.75) is 24.1 Å². The third kappa shape index (κ3) is 5.64. The van der Waals surface area contributed by atoms with Gasteiger partial charge in [-0.05, 0) is 52.6 Å². The van der Waals surface area contributed by atoms with E-state index in [0.717, 1.165) is 27.8 Å². The van der Waals surface area contributed by atoms with Gasteiger partial charge < -0.3 is 19.9 Å². The van der Waals surface area contributed by atoms with Crippen molar-refractivity contribution < 1.29 is 24.2 Å². The standard InChI is InChI=1S/C28H26N2O5S/c1-34-26-11-10-18(15-29)14-19(26)17-36-13-12-25(27(31)32)30-28(33)35-16-24-22-8-4-2-6-20(22)21-7-3-5-9-23(21)24/h2-11,14,24-25H,12-13,16-17H2,1H3,(H,30,33)(H,31,32). The highest BCUT2D eigenvalue weighted by Gasteiger charge is 2.29. The first-order chi connectivity index (χ1) is 17.5. The van der Waals surface area contributed by atoms with Crippen LogP contribution in [-0.2, 0) is 15.3 Å². The summed E-state index contributed by atoms with van der Waals surface area (Å²) >= 11 is 1.50. The van der Waals surface area contributed by atoms with E-state index in [-0.39, 0.29) is 18.9 Å². The predicted molar refractivity (Wildman–Crippen MR) is 138 cm³/mol. The summed E-state index contributed by atoms with van der Waals surface area (Å²) in [6.45, 7) is 0.121. The molecular formula is C28H26N2O5S. The fourth-order valence-electron chi connectivity index (χ4n) is 4.38. The van der Waals surface area contributed by atoms with E-state index in [1.807, 2.05) is 36.4 Å². The highest BCUT2D eigenvalue weighted by molar-refractivity contribution is 7.98. The topological polar surface area (TPSA) is 109 Å². The fraction of sp³-hybridized carbons (Fsp3) is 0.250. The van der Waals surface area contributed by atoms with Gasteiger partial charge in [-0.3, -0.25) is 0 Å². The highest BCUT2D eigenvalue weighted by Crippen LogP contribution is 2.44. The molecule has 0 radical (unpaired) electrons. The molecule has 0 saturated carbocycles. The van der Waals surface area contributed by atoms with Gasteiger partial charge in [0.15, 0.2) is 0 Å². The molecule has 7 nitrogen and oxygen atoms in total. The number of carboxylic acids is 1. The number of carbonyl (C=O) groups is 2. The summed E-state index contributed by atoms with van der Waals surface area (Å²) in [5, 5.41) is 21.2. The molecule has 3 aromatic rings. The maximum absolute atomic E-state index is 12.5. The second-order valence-electron chi connectivity index (χ2n) is 8.34. The Morgan fingerprint density at radius 3 is 2.36 bits per heavy atom. The molecule has 0 bridgehead atoms. The summed E-state index contributed by atoms with van der Waals surface area (Å²) in [7, 11) is 1.56. The Kier molecular flexibility index (Phi) is 8.13. The summed E-state index contributed by atoms with van der Waals surface area (Å²) in [5.41, 5.74) is 5.82. The van der Waals surface area contributed by atoms with Crippen LogP contribution in [0.25, 0.3) is 11.1 Å². The van der Waals surface area contributed by atoms with E-state index in [1.54, 1.807) is 25.3 Å². The van der Waals surface area contributed by atoms with E-state index in [0.29, 0.717) is 22.8 Å². The number of nitrogens with zero attached hydrogens (tertiary/aromatic N) is 1. The Morgan fingerprint density at radius 2 is 1.75 bits per heavy atom. The van der Waals surface area contributed by atoms with Crippen LogP contribution in [0.1, 0.15) is 34.6 Å². The van der Waals surface area contributed by atoms with Gasteiger partial charge in [0.2, 0.25) is 0 Å². The number of carbonyl (C=O) groups excluding carboxylic acids is 1. The largest absolute Gasteiger partial charge is 0.496 e. The molecule has 3 aromatic carbocycles. The first-order valence-electron chi connectivity index (χ1n) is 11.5. The monoisotopic (exact) mass is 502 g/mol. The lowest BCUT2D eigenvalue weighted by molar-refractivity contribution is -0.139. The Hall–Kier alpha value is -3.96. The number of alkyl carbamates (subject to hydrolysis) is 1. The molecule has 36 heavy (non-hydrogen) atoms. The van der Waals surface area contributed by atoms with Gasteiger partial charge in [0, 0.05) is 17.2 Å². The number of thioether (sulfide) groups is 1. The highest BCUT2D eigenvalue weighted by atomic mass is 32.2. The molecule has 1 aliphatic rings. The fourth-order valence-corrected chi connectivity index (χ4v) is 5.38. The minimum Gasteiger partial charge on any atom is -0.496 e. The van der Waals surface area contributed by atoms with Crippen LogP contribution in [0.15, 0.2) is 66.7 Å². The van der Waals surface area contributed by atoms with Gasteiger partial charge in [0.1, 0.15) is 18.4 Å². The molecule has 4 rings (SSSR count). The van der Waals surface area contributed by atoms with Crippen molar-refractivity contribution in [1.82, 2.24) is 5.32 Å². The average Bonchev–Trinajstić information content (AvgIpc) is 3.22. The van der Waals surface area contributed by atoms with Gasteiger partial charge in [0.25, 0.3) is 0 Å². The normalized spacial score (nSPS) is 12.7. The van der Waals surface area contributed by atoms with Crippen LogP contribution in [-0.4, -0.2) is 42.7 Å². The summed E-state index contributed by atoms with van der Waals surface area (Å²) in [4.78, 5) is 24.2. The Labute approximate surface area is 214 Å². The van der Waals surface area contributed by atoms with Crippen LogP contribution in [0.5, 0.6) is 5.75 Å². The SMILES string of the molecule is COc1ccc(C#N)cc1CSCCC(NC(=O)OCC1c2ccccc2-c2ccccc21)C(=O)O. The van der Waals surface area contributed by atoms with E-state index < -0.39 is 18.1 Å². The minimum atomic E-state index is -1.12. The number of hydrogen-bond donors (Lipinski definition) is 2. The van der Waals surface area contributed by atoms with Crippen molar-refractivity contribution in [3.8, 4) is 22.9 Å². The van der Waals surface area contributed by atoms with Crippen LogP contribution in [0.3, 0.4) is 0 Å².